The molecule has 1 unspecified atom stereocenters. The van der Waals surface area contributed by atoms with Crippen molar-refractivity contribution >= 4 is 34.5 Å². The fourth-order valence-electron chi connectivity index (χ4n) is 1.94. The molecule has 2 rings (SSSR count). The third kappa shape index (κ3) is 2.90. The van der Waals surface area contributed by atoms with Gasteiger partial charge in [-0.05, 0) is 37.1 Å². The van der Waals surface area contributed by atoms with Crippen LogP contribution in [0.1, 0.15) is 26.3 Å². The lowest BCUT2D eigenvalue weighted by Gasteiger charge is -2.14. The summed E-state index contributed by atoms with van der Waals surface area (Å²) in [6.45, 7) is 4.17. The summed E-state index contributed by atoms with van der Waals surface area (Å²) in [5.74, 6) is 1.23. The van der Waals surface area contributed by atoms with E-state index in [2.05, 4.69) is 19.9 Å². The molecule has 0 aliphatic rings. The zero-order valence-corrected chi connectivity index (χ0v) is 14.1. The number of rotatable bonds is 4. The lowest BCUT2D eigenvalue weighted by atomic mass is 10.1. The first kappa shape index (κ1) is 15.5. The molecule has 0 aliphatic carbocycles. The second-order valence-electron chi connectivity index (χ2n) is 4.48. The van der Waals surface area contributed by atoms with E-state index >= 15 is 0 Å². The highest BCUT2D eigenvalue weighted by Crippen LogP contribution is 2.42. The molecule has 0 saturated carbocycles. The van der Waals surface area contributed by atoms with Crippen LogP contribution in [0.2, 0.25) is 5.02 Å². The second kappa shape index (κ2) is 6.25. The second-order valence-corrected chi connectivity index (χ2v) is 6.61. The molecule has 0 radical (unpaired) electrons. The molecule has 0 aliphatic heterocycles. The van der Waals surface area contributed by atoms with Crippen molar-refractivity contribution in [2.75, 3.05) is 14.2 Å². The number of hydrogen-bond acceptors (Lipinski definition) is 3. The Morgan fingerprint density at radius 1 is 1.05 bits per heavy atom. The molecule has 0 saturated heterocycles. The van der Waals surface area contributed by atoms with E-state index in [1.54, 1.807) is 31.6 Å². The highest BCUT2D eigenvalue weighted by atomic mass is 35.5. The summed E-state index contributed by atoms with van der Waals surface area (Å²) >= 11 is 14.6. The van der Waals surface area contributed by atoms with Crippen LogP contribution in [0.4, 0.5) is 0 Å². The zero-order valence-electron chi connectivity index (χ0n) is 11.8. The summed E-state index contributed by atoms with van der Waals surface area (Å²) in [5.41, 5.74) is 2.07. The van der Waals surface area contributed by atoms with Gasteiger partial charge in [-0.2, -0.15) is 0 Å². The van der Waals surface area contributed by atoms with Gasteiger partial charge in [0, 0.05) is 20.8 Å². The Morgan fingerprint density at radius 2 is 1.65 bits per heavy atom. The Kier molecular flexibility index (Phi) is 4.84. The average molecular weight is 331 g/mol. The van der Waals surface area contributed by atoms with E-state index in [4.69, 9.17) is 32.7 Å². The number of ether oxygens (including phenoxy) is 2. The summed E-state index contributed by atoms with van der Waals surface area (Å²) in [4.78, 5) is 2.35. The van der Waals surface area contributed by atoms with Crippen LogP contribution in [-0.2, 0) is 0 Å². The van der Waals surface area contributed by atoms with E-state index in [0.29, 0.717) is 16.5 Å². The molecule has 108 valence electrons. The summed E-state index contributed by atoms with van der Waals surface area (Å²) in [7, 11) is 3.18. The molecule has 20 heavy (non-hydrogen) atoms. The van der Waals surface area contributed by atoms with Crippen LogP contribution in [-0.4, -0.2) is 14.2 Å². The Morgan fingerprint density at radius 3 is 2.15 bits per heavy atom. The van der Waals surface area contributed by atoms with Crippen LogP contribution in [0.3, 0.4) is 0 Å². The molecule has 1 atom stereocenters. The minimum atomic E-state index is -0.292. The standard InChI is InChI=1S/C15H16Cl2O2S/c1-8-5-14(20-9(8)2)15(17)10-6-12(18-3)13(19-4)7-11(10)16/h5-7,15H,1-4H3. The van der Waals surface area contributed by atoms with Gasteiger partial charge in [-0.25, -0.2) is 0 Å². The lowest BCUT2D eigenvalue weighted by molar-refractivity contribution is 0.354. The van der Waals surface area contributed by atoms with Gasteiger partial charge in [-0.1, -0.05) is 11.6 Å². The number of thiophene rings is 1. The molecular formula is C15H16Cl2O2S. The summed E-state index contributed by atoms with van der Waals surface area (Å²) < 4.78 is 10.5. The highest BCUT2D eigenvalue weighted by molar-refractivity contribution is 7.12. The van der Waals surface area contributed by atoms with Crippen molar-refractivity contribution in [3.05, 3.63) is 44.1 Å². The van der Waals surface area contributed by atoms with Crippen molar-refractivity contribution in [3.63, 3.8) is 0 Å². The van der Waals surface area contributed by atoms with Crippen LogP contribution in [0, 0.1) is 13.8 Å². The number of aryl methyl sites for hydroxylation is 2. The molecule has 0 spiro atoms. The van der Waals surface area contributed by atoms with Gasteiger partial charge < -0.3 is 9.47 Å². The molecule has 2 aromatic rings. The quantitative estimate of drug-likeness (QED) is 0.702. The van der Waals surface area contributed by atoms with E-state index in [-0.39, 0.29) is 5.38 Å². The van der Waals surface area contributed by atoms with E-state index in [0.717, 1.165) is 10.4 Å². The topological polar surface area (TPSA) is 18.5 Å². The Bertz CT molecular complexity index is 603. The molecule has 0 bridgehead atoms. The summed E-state index contributed by atoms with van der Waals surface area (Å²) in [6.07, 6.45) is 0. The minimum absolute atomic E-state index is 0.292. The van der Waals surface area contributed by atoms with Crippen LogP contribution >= 0.6 is 34.5 Å². The minimum Gasteiger partial charge on any atom is -0.493 e. The SMILES string of the molecule is COc1cc(Cl)c(C(Cl)c2cc(C)c(C)s2)cc1OC. The molecule has 1 aromatic heterocycles. The highest BCUT2D eigenvalue weighted by Gasteiger charge is 2.20. The van der Waals surface area contributed by atoms with Gasteiger partial charge in [-0.15, -0.1) is 22.9 Å². The maximum Gasteiger partial charge on any atom is 0.162 e. The Labute approximate surface area is 133 Å². The van der Waals surface area contributed by atoms with E-state index in [1.807, 2.05) is 6.07 Å². The van der Waals surface area contributed by atoms with Crippen molar-refractivity contribution < 1.29 is 9.47 Å². The monoisotopic (exact) mass is 330 g/mol. The molecule has 0 amide bonds. The van der Waals surface area contributed by atoms with Crippen molar-refractivity contribution in [2.24, 2.45) is 0 Å². The van der Waals surface area contributed by atoms with Crippen molar-refractivity contribution in [2.45, 2.75) is 19.2 Å². The third-order valence-electron chi connectivity index (χ3n) is 3.21. The Hall–Kier alpha value is -0.900. The maximum absolute atomic E-state index is 6.58. The number of halogens is 2. The summed E-state index contributed by atoms with van der Waals surface area (Å²) in [5, 5.41) is 0.283. The Balaban J connectivity index is 2.46. The van der Waals surface area contributed by atoms with Crippen molar-refractivity contribution in [1.29, 1.82) is 0 Å². The fraction of sp³-hybridized carbons (Fsp3) is 0.333. The number of hydrogen-bond donors (Lipinski definition) is 0. The van der Waals surface area contributed by atoms with Gasteiger partial charge >= 0.3 is 0 Å². The van der Waals surface area contributed by atoms with Gasteiger partial charge in [0.25, 0.3) is 0 Å². The molecule has 0 fully saturated rings. The normalized spacial score (nSPS) is 12.3. The van der Waals surface area contributed by atoms with Gasteiger partial charge in [0.15, 0.2) is 11.5 Å². The smallest absolute Gasteiger partial charge is 0.162 e. The van der Waals surface area contributed by atoms with E-state index in [9.17, 15) is 0 Å². The summed E-state index contributed by atoms with van der Waals surface area (Å²) in [6, 6.07) is 5.67. The largest absolute Gasteiger partial charge is 0.493 e. The molecule has 2 nitrogen and oxygen atoms in total. The van der Waals surface area contributed by atoms with Crippen LogP contribution < -0.4 is 9.47 Å². The van der Waals surface area contributed by atoms with E-state index in [1.165, 1.54) is 10.4 Å². The molecule has 1 heterocycles. The van der Waals surface area contributed by atoms with Gasteiger partial charge in [-0.3, -0.25) is 0 Å². The number of methoxy groups -OCH3 is 2. The van der Waals surface area contributed by atoms with E-state index < -0.39 is 0 Å². The molecule has 1 aromatic carbocycles. The van der Waals surface area contributed by atoms with Gasteiger partial charge in [0.2, 0.25) is 0 Å². The van der Waals surface area contributed by atoms with Crippen LogP contribution in [0.15, 0.2) is 18.2 Å². The third-order valence-corrected chi connectivity index (χ3v) is 5.36. The van der Waals surface area contributed by atoms with Crippen LogP contribution in [0.25, 0.3) is 0 Å². The molecule has 5 heteroatoms. The van der Waals surface area contributed by atoms with Crippen molar-refractivity contribution in [3.8, 4) is 11.5 Å². The zero-order chi connectivity index (χ0) is 14.9. The maximum atomic E-state index is 6.58. The van der Waals surface area contributed by atoms with Gasteiger partial charge in [0.1, 0.15) is 0 Å². The predicted molar refractivity (Wildman–Crippen MR) is 86.0 cm³/mol. The lowest BCUT2D eigenvalue weighted by Crippen LogP contribution is -1.96. The average Bonchev–Trinajstić information content (AvgIpc) is 2.77. The number of alkyl halides is 1. The number of benzene rings is 1. The van der Waals surface area contributed by atoms with Crippen molar-refractivity contribution in [1.82, 2.24) is 0 Å². The first-order valence-electron chi connectivity index (χ1n) is 6.10. The predicted octanol–water partition coefficient (Wildman–Crippen LogP) is 5.36. The first-order chi connectivity index (χ1) is 9.47. The molecule has 0 N–H and O–H groups in total. The molecular weight excluding hydrogens is 315 g/mol. The van der Waals surface area contributed by atoms with Gasteiger partial charge in [0.05, 0.1) is 19.6 Å². The van der Waals surface area contributed by atoms with Crippen LogP contribution in [0.5, 0.6) is 11.5 Å². The fourth-order valence-corrected chi connectivity index (χ4v) is 3.68. The first-order valence-corrected chi connectivity index (χ1v) is 7.73.